The molecule has 3 heterocycles. The number of carbonyl (C=O) groups excluding carboxylic acids is 2. The zero-order chi connectivity index (χ0) is 31.4. The Labute approximate surface area is 263 Å². The van der Waals surface area contributed by atoms with Gasteiger partial charge in [-0.3, -0.25) is 14.2 Å². The molecule has 1 fully saturated rings. The summed E-state index contributed by atoms with van der Waals surface area (Å²) in [5, 5.41) is 0.425. The number of hydrogen-bond donors (Lipinski definition) is 0. The van der Waals surface area contributed by atoms with Crippen LogP contribution in [0, 0.1) is 0 Å². The van der Waals surface area contributed by atoms with Gasteiger partial charge in [0.25, 0.3) is 11.5 Å². The van der Waals surface area contributed by atoms with Gasteiger partial charge in [-0.05, 0) is 75.6 Å². The van der Waals surface area contributed by atoms with Gasteiger partial charge in [0, 0.05) is 23.7 Å². The normalized spacial score (nSPS) is 16.4. The van der Waals surface area contributed by atoms with Crippen molar-refractivity contribution >= 4 is 40.9 Å². The molecular formula is C32H34ClN3O7S. The molecule has 0 bridgehead atoms. The monoisotopic (exact) mass is 639 g/mol. The number of thiazole rings is 1. The number of rotatable bonds is 10. The van der Waals surface area contributed by atoms with E-state index in [0.717, 1.165) is 25.9 Å². The maximum atomic E-state index is 14.0. The predicted molar refractivity (Wildman–Crippen MR) is 167 cm³/mol. The van der Waals surface area contributed by atoms with Crippen LogP contribution >= 0.6 is 22.9 Å². The first-order valence-electron chi connectivity index (χ1n) is 14.5. The number of amides is 1. The van der Waals surface area contributed by atoms with Gasteiger partial charge in [0.2, 0.25) is 0 Å². The standard InChI is InChI=1S/C32H34ClN3O7S/c1-5-41-25-15-20(9-11-24(25)43-18-27(37)35-13-7-8-14-35)16-26-30(38)36-29(22-17-21(33)10-12-23(22)40-4)28(31(39)42-6-2)19(3)34-32(36)44-26/h9-12,15-17,29H,5-8,13-14,18H2,1-4H3/b26-16-/t29-/m1/s1. The van der Waals surface area contributed by atoms with Crippen molar-refractivity contribution in [3.8, 4) is 17.2 Å². The number of methoxy groups -OCH3 is 1. The van der Waals surface area contributed by atoms with Gasteiger partial charge in [-0.2, -0.15) is 0 Å². The van der Waals surface area contributed by atoms with Crippen molar-refractivity contribution in [2.45, 2.75) is 39.7 Å². The number of benzene rings is 2. The van der Waals surface area contributed by atoms with Crippen LogP contribution in [0.4, 0.5) is 0 Å². The maximum absolute atomic E-state index is 14.0. The Hall–Kier alpha value is -4.09. The van der Waals surface area contributed by atoms with Crippen LogP contribution in [0.5, 0.6) is 17.2 Å². The zero-order valence-corrected chi connectivity index (χ0v) is 26.6. The van der Waals surface area contributed by atoms with Gasteiger partial charge < -0.3 is 23.8 Å². The van der Waals surface area contributed by atoms with E-state index in [9.17, 15) is 14.4 Å². The molecule has 2 aromatic carbocycles. The minimum absolute atomic E-state index is 0.0569. The van der Waals surface area contributed by atoms with Crippen LogP contribution in [0.3, 0.4) is 0 Å². The molecule has 1 saturated heterocycles. The fourth-order valence-corrected chi connectivity index (χ4v) is 6.58. The molecular weight excluding hydrogens is 606 g/mol. The summed E-state index contributed by atoms with van der Waals surface area (Å²) < 4.78 is 24.5. The molecule has 44 heavy (non-hydrogen) atoms. The SMILES string of the molecule is CCOC(=O)C1=C(C)N=c2s/c(=C\c3ccc(OCC(=O)N4CCCC4)c(OCC)c3)c(=O)n2[C@@H]1c1cc(Cl)ccc1OC. The first-order valence-corrected chi connectivity index (χ1v) is 15.7. The summed E-state index contributed by atoms with van der Waals surface area (Å²) in [4.78, 5) is 46.6. The number of nitrogens with zero attached hydrogens (tertiary/aromatic N) is 3. The molecule has 5 rings (SSSR count). The topological polar surface area (TPSA) is 109 Å². The number of ether oxygens (including phenoxy) is 4. The lowest BCUT2D eigenvalue weighted by Gasteiger charge is -2.26. The van der Waals surface area contributed by atoms with Gasteiger partial charge in [0.1, 0.15) is 11.8 Å². The van der Waals surface area contributed by atoms with Gasteiger partial charge in [-0.25, -0.2) is 9.79 Å². The lowest BCUT2D eigenvalue weighted by Crippen LogP contribution is -2.40. The van der Waals surface area contributed by atoms with Gasteiger partial charge in [0.15, 0.2) is 22.9 Å². The molecule has 1 amide bonds. The second kappa shape index (κ2) is 13.7. The minimum atomic E-state index is -0.871. The Morgan fingerprint density at radius 2 is 1.80 bits per heavy atom. The van der Waals surface area contributed by atoms with Crippen molar-refractivity contribution in [3.05, 3.63) is 83.5 Å². The van der Waals surface area contributed by atoms with Crippen LogP contribution < -0.4 is 29.1 Å². The van der Waals surface area contributed by atoms with Crippen molar-refractivity contribution in [1.82, 2.24) is 9.47 Å². The molecule has 232 valence electrons. The van der Waals surface area contributed by atoms with E-state index in [1.165, 1.54) is 23.0 Å². The average Bonchev–Trinajstić information content (AvgIpc) is 3.65. The van der Waals surface area contributed by atoms with E-state index in [0.29, 0.717) is 55.0 Å². The molecule has 0 unspecified atom stereocenters. The Kier molecular flexibility index (Phi) is 9.75. The maximum Gasteiger partial charge on any atom is 0.338 e. The molecule has 0 aliphatic carbocycles. The molecule has 12 heteroatoms. The quantitative estimate of drug-likeness (QED) is 0.310. The Morgan fingerprint density at radius 3 is 2.50 bits per heavy atom. The van der Waals surface area contributed by atoms with E-state index in [1.807, 2.05) is 6.92 Å². The number of aromatic nitrogens is 1. The van der Waals surface area contributed by atoms with E-state index in [2.05, 4.69) is 4.99 Å². The summed E-state index contributed by atoms with van der Waals surface area (Å²) >= 11 is 7.58. The molecule has 10 nitrogen and oxygen atoms in total. The van der Waals surface area contributed by atoms with Crippen molar-refractivity contribution < 1.29 is 28.5 Å². The summed E-state index contributed by atoms with van der Waals surface area (Å²) in [6.07, 6.45) is 3.75. The smallest absolute Gasteiger partial charge is 0.338 e. The molecule has 0 spiro atoms. The molecule has 1 aromatic heterocycles. The summed E-state index contributed by atoms with van der Waals surface area (Å²) in [6, 6.07) is 9.48. The first kappa shape index (κ1) is 31.3. The molecule has 3 aromatic rings. The van der Waals surface area contributed by atoms with Gasteiger partial charge >= 0.3 is 5.97 Å². The van der Waals surface area contributed by atoms with Crippen LogP contribution in [0.15, 0.2) is 57.5 Å². The Balaban J connectivity index is 1.56. The predicted octanol–water partition coefficient (Wildman–Crippen LogP) is 3.86. The highest BCUT2D eigenvalue weighted by molar-refractivity contribution is 7.07. The number of fused-ring (bicyclic) bond motifs is 1. The third-order valence-electron chi connectivity index (χ3n) is 7.38. The number of esters is 1. The third kappa shape index (κ3) is 6.39. The summed E-state index contributed by atoms with van der Waals surface area (Å²) in [5.74, 6) is 0.741. The third-order valence-corrected chi connectivity index (χ3v) is 8.60. The lowest BCUT2D eigenvalue weighted by molar-refractivity contribution is -0.139. The average molecular weight is 640 g/mol. The fourth-order valence-electron chi connectivity index (χ4n) is 5.36. The van der Waals surface area contributed by atoms with Crippen LogP contribution in [0.25, 0.3) is 6.08 Å². The number of carbonyl (C=O) groups is 2. The molecule has 0 radical (unpaired) electrons. The lowest BCUT2D eigenvalue weighted by atomic mass is 9.95. The first-order chi connectivity index (χ1) is 21.2. The molecule has 1 atom stereocenters. The second-order valence-electron chi connectivity index (χ2n) is 10.2. The second-order valence-corrected chi connectivity index (χ2v) is 11.6. The molecule has 0 saturated carbocycles. The number of allylic oxidation sites excluding steroid dienone is 1. The van der Waals surface area contributed by atoms with Crippen molar-refractivity contribution in [2.75, 3.05) is 40.0 Å². The summed E-state index contributed by atoms with van der Waals surface area (Å²) in [7, 11) is 1.52. The number of likely N-dealkylation sites (tertiary alicyclic amines) is 1. The van der Waals surface area contributed by atoms with Gasteiger partial charge in [-0.1, -0.05) is 29.0 Å². The highest BCUT2D eigenvalue weighted by Gasteiger charge is 2.35. The Morgan fingerprint density at radius 1 is 1.05 bits per heavy atom. The van der Waals surface area contributed by atoms with Crippen LogP contribution in [0.2, 0.25) is 5.02 Å². The van der Waals surface area contributed by atoms with E-state index in [1.54, 1.807) is 61.2 Å². The van der Waals surface area contributed by atoms with Crippen LogP contribution in [-0.2, 0) is 14.3 Å². The highest BCUT2D eigenvalue weighted by Crippen LogP contribution is 2.37. The van der Waals surface area contributed by atoms with E-state index in [-0.39, 0.29) is 30.3 Å². The Bertz CT molecular complexity index is 1790. The van der Waals surface area contributed by atoms with Gasteiger partial charge in [0.05, 0.1) is 36.1 Å². The number of hydrogen-bond acceptors (Lipinski definition) is 9. The fraction of sp³-hybridized carbons (Fsp3) is 0.375. The summed E-state index contributed by atoms with van der Waals surface area (Å²) in [5.41, 5.74) is 1.55. The van der Waals surface area contributed by atoms with Crippen molar-refractivity contribution in [3.63, 3.8) is 0 Å². The van der Waals surface area contributed by atoms with Crippen LogP contribution in [-0.4, -0.2) is 61.4 Å². The van der Waals surface area contributed by atoms with Crippen molar-refractivity contribution in [2.24, 2.45) is 4.99 Å². The molecule has 2 aliphatic heterocycles. The van der Waals surface area contributed by atoms with E-state index < -0.39 is 12.0 Å². The van der Waals surface area contributed by atoms with E-state index in [4.69, 9.17) is 30.5 Å². The van der Waals surface area contributed by atoms with E-state index >= 15 is 0 Å². The van der Waals surface area contributed by atoms with Crippen molar-refractivity contribution in [1.29, 1.82) is 0 Å². The summed E-state index contributed by atoms with van der Waals surface area (Å²) in [6.45, 7) is 7.27. The minimum Gasteiger partial charge on any atom is -0.496 e. The van der Waals surface area contributed by atoms with Crippen LogP contribution in [0.1, 0.15) is 50.8 Å². The molecule has 2 aliphatic rings. The number of halogens is 1. The molecule has 0 N–H and O–H groups in total. The van der Waals surface area contributed by atoms with Gasteiger partial charge in [-0.15, -0.1) is 0 Å². The largest absolute Gasteiger partial charge is 0.496 e. The highest BCUT2D eigenvalue weighted by atomic mass is 35.5. The zero-order valence-electron chi connectivity index (χ0n) is 25.1.